The molecule has 1 aromatic carbocycles. The molecule has 6 heteroatoms. The quantitative estimate of drug-likeness (QED) is 0.810. The van der Waals surface area contributed by atoms with E-state index in [-0.39, 0.29) is 11.3 Å². The van der Waals surface area contributed by atoms with Crippen molar-refractivity contribution in [3.8, 4) is 0 Å². The number of hydrogen-bond donors (Lipinski definition) is 2. The van der Waals surface area contributed by atoms with Crippen molar-refractivity contribution in [2.45, 2.75) is 6.54 Å². The zero-order valence-corrected chi connectivity index (χ0v) is 10.9. The topological polar surface area (TPSA) is 84.4 Å². The lowest BCUT2D eigenvalue weighted by atomic mass is 10.1. The van der Waals surface area contributed by atoms with E-state index in [2.05, 4.69) is 5.10 Å². The van der Waals surface area contributed by atoms with E-state index < -0.39 is 5.97 Å². The molecule has 0 aliphatic rings. The second-order valence-corrected chi connectivity index (χ2v) is 4.46. The molecule has 0 bridgehead atoms. The highest BCUT2D eigenvalue weighted by Gasteiger charge is 2.10. The molecule has 0 aliphatic heterocycles. The summed E-state index contributed by atoms with van der Waals surface area (Å²) in [6.07, 6.45) is 3.73. The summed E-state index contributed by atoms with van der Waals surface area (Å²) in [5.41, 5.74) is 8.07. The Morgan fingerprint density at radius 3 is 2.79 bits per heavy atom. The summed E-state index contributed by atoms with van der Waals surface area (Å²) < 4.78 is 1.74. The van der Waals surface area contributed by atoms with E-state index in [1.54, 1.807) is 23.0 Å². The van der Waals surface area contributed by atoms with Gasteiger partial charge in [0.2, 0.25) is 0 Å². The SMILES string of the molecule is CN(Cc1cnn(C)c1)c1ccc(C(=O)O)c(N)c1. The summed E-state index contributed by atoms with van der Waals surface area (Å²) in [4.78, 5) is 12.9. The fourth-order valence-corrected chi connectivity index (χ4v) is 1.90. The van der Waals surface area contributed by atoms with Crippen LogP contribution in [-0.4, -0.2) is 27.9 Å². The van der Waals surface area contributed by atoms with Crippen LogP contribution >= 0.6 is 0 Å². The Balaban J connectivity index is 2.17. The summed E-state index contributed by atoms with van der Waals surface area (Å²) in [5.74, 6) is -1.01. The number of carboxylic acids is 1. The molecular formula is C13H16N4O2. The molecule has 0 radical (unpaired) electrons. The Hall–Kier alpha value is -2.50. The Kier molecular flexibility index (Phi) is 3.41. The minimum Gasteiger partial charge on any atom is -0.478 e. The van der Waals surface area contributed by atoms with E-state index in [1.165, 1.54) is 6.07 Å². The monoisotopic (exact) mass is 260 g/mol. The van der Waals surface area contributed by atoms with Crippen molar-refractivity contribution in [1.29, 1.82) is 0 Å². The van der Waals surface area contributed by atoms with E-state index >= 15 is 0 Å². The van der Waals surface area contributed by atoms with Crippen molar-refractivity contribution in [3.05, 3.63) is 41.7 Å². The molecular weight excluding hydrogens is 244 g/mol. The molecule has 0 amide bonds. The van der Waals surface area contributed by atoms with Gasteiger partial charge in [0.25, 0.3) is 0 Å². The van der Waals surface area contributed by atoms with Gasteiger partial charge in [-0.15, -0.1) is 0 Å². The maximum atomic E-state index is 10.9. The third kappa shape index (κ3) is 2.85. The molecule has 1 aromatic heterocycles. The molecule has 1 heterocycles. The van der Waals surface area contributed by atoms with Crippen LogP contribution in [0.2, 0.25) is 0 Å². The van der Waals surface area contributed by atoms with Crippen molar-refractivity contribution in [2.24, 2.45) is 7.05 Å². The molecule has 3 N–H and O–H groups in total. The van der Waals surface area contributed by atoms with Crippen LogP contribution in [0.1, 0.15) is 15.9 Å². The molecule has 0 saturated carbocycles. The Morgan fingerprint density at radius 2 is 2.26 bits per heavy atom. The third-order valence-corrected chi connectivity index (χ3v) is 2.88. The van der Waals surface area contributed by atoms with Crippen LogP contribution in [0.3, 0.4) is 0 Å². The van der Waals surface area contributed by atoms with Gasteiger partial charge in [0.05, 0.1) is 11.8 Å². The van der Waals surface area contributed by atoms with Crippen LogP contribution < -0.4 is 10.6 Å². The number of aromatic nitrogens is 2. The standard InChI is InChI=1S/C13H16N4O2/c1-16(7-9-6-15-17(2)8-9)10-3-4-11(13(18)19)12(14)5-10/h3-6,8H,7,14H2,1-2H3,(H,18,19). The van der Waals surface area contributed by atoms with Crippen LogP contribution in [0.15, 0.2) is 30.6 Å². The van der Waals surface area contributed by atoms with E-state index in [4.69, 9.17) is 10.8 Å². The smallest absolute Gasteiger partial charge is 0.337 e. The van der Waals surface area contributed by atoms with Gasteiger partial charge in [-0.1, -0.05) is 0 Å². The van der Waals surface area contributed by atoms with Crippen molar-refractivity contribution < 1.29 is 9.90 Å². The van der Waals surface area contributed by atoms with Crippen LogP contribution in [0, 0.1) is 0 Å². The predicted molar refractivity (Wildman–Crippen MR) is 73.1 cm³/mol. The minimum atomic E-state index is -1.01. The number of hydrogen-bond acceptors (Lipinski definition) is 4. The number of nitrogens with two attached hydrogens (primary N) is 1. The molecule has 0 atom stereocenters. The molecule has 19 heavy (non-hydrogen) atoms. The normalized spacial score (nSPS) is 10.4. The summed E-state index contributed by atoms with van der Waals surface area (Å²) in [6, 6.07) is 4.93. The lowest BCUT2D eigenvalue weighted by Gasteiger charge is -2.19. The second kappa shape index (κ2) is 5.01. The van der Waals surface area contributed by atoms with Crippen molar-refractivity contribution in [1.82, 2.24) is 9.78 Å². The Morgan fingerprint density at radius 1 is 1.53 bits per heavy atom. The van der Waals surface area contributed by atoms with Gasteiger partial charge in [0.15, 0.2) is 0 Å². The molecule has 0 spiro atoms. The van der Waals surface area contributed by atoms with Crippen molar-refractivity contribution in [3.63, 3.8) is 0 Å². The summed E-state index contributed by atoms with van der Waals surface area (Å²) in [5, 5.41) is 13.0. The largest absolute Gasteiger partial charge is 0.478 e. The van der Waals surface area contributed by atoms with Gasteiger partial charge >= 0.3 is 5.97 Å². The highest BCUT2D eigenvalue weighted by molar-refractivity contribution is 5.94. The van der Waals surface area contributed by atoms with Crippen molar-refractivity contribution in [2.75, 3.05) is 17.7 Å². The van der Waals surface area contributed by atoms with Gasteiger partial charge in [0, 0.05) is 43.8 Å². The summed E-state index contributed by atoms with van der Waals surface area (Å²) >= 11 is 0. The van der Waals surface area contributed by atoms with Crippen LogP contribution in [0.4, 0.5) is 11.4 Å². The zero-order chi connectivity index (χ0) is 14.0. The van der Waals surface area contributed by atoms with Gasteiger partial charge in [-0.25, -0.2) is 4.79 Å². The molecule has 2 rings (SSSR count). The first kappa shape index (κ1) is 12.9. The van der Waals surface area contributed by atoms with Gasteiger partial charge in [-0.2, -0.15) is 5.10 Å². The number of rotatable bonds is 4. The molecule has 100 valence electrons. The zero-order valence-electron chi connectivity index (χ0n) is 10.9. The average molecular weight is 260 g/mol. The molecule has 0 unspecified atom stereocenters. The van der Waals surface area contributed by atoms with E-state index in [9.17, 15) is 4.79 Å². The predicted octanol–water partition coefficient (Wildman–Crippen LogP) is 1.34. The maximum Gasteiger partial charge on any atom is 0.337 e. The van der Waals surface area contributed by atoms with Gasteiger partial charge in [-0.05, 0) is 18.2 Å². The molecule has 2 aromatic rings. The van der Waals surface area contributed by atoms with Gasteiger partial charge in [-0.3, -0.25) is 4.68 Å². The highest BCUT2D eigenvalue weighted by Crippen LogP contribution is 2.22. The molecule has 0 aliphatic carbocycles. The molecule has 6 nitrogen and oxygen atoms in total. The number of carboxylic acid groups (broad SMARTS) is 1. The van der Waals surface area contributed by atoms with E-state index in [1.807, 2.05) is 25.2 Å². The first-order valence-electron chi connectivity index (χ1n) is 5.79. The third-order valence-electron chi connectivity index (χ3n) is 2.88. The summed E-state index contributed by atoms with van der Waals surface area (Å²) in [6.45, 7) is 0.680. The van der Waals surface area contributed by atoms with Gasteiger partial charge in [0.1, 0.15) is 0 Å². The lowest BCUT2D eigenvalue weighted by Crippen LogP contribution is -2.16. The Labute approximate surface area is 111 Å². The van der Waals surface area contributed by atoms with E-state index in [0.29, 0.717) is 6.54 Å². The fourth-order valence-electron chi connectivity index (χ4n) is 1.90. The number of benzene rings is 1. The average Bonchev–Trinajstić information content (AvgIpc) is 2.74. The maximum absolute atomic E-state index is 10.9. The number of aryl methyl sites for hydroxylation is 1. The number of nitrogen functional groups attached to an aromatic ring is 1. The first-order chi connectivity index (χ1) is 8.97. The number of nitrogens with zero attached hydrogens (tertiary/aromatic N) is 3. The first-order valence-corrected chi connectivity index (χ1v) is 5.79. The highest BCUT2D eigenvalue weighted by atomic mass is 16.4. The van der Waals surface area contributed by atoms with E-state index in [0.717, 1.165) is 11.3 Å². The number of aromatic carboxylic acids is 1. The number of anilines is 2. The Bertz CT molecular complexity index is 606. The van der Waals surface area contributed by atoms with Crippen LogP contribution in [0.5, 0.6) is 0 Å². The lowest BCUT2D eigenvalue weighted by molar-refractivity contribution is 0.0698. The van der Waals surface area contributed by atoms with Crippen LogP contribution in [-0.2, 0) is 13.6 Å². The summed E-state index contributed by atoms with van der Waals surface area (Å²) in [7, 11) is 3.78. The fraction of sp³-hybridized carbons (Fsp3) is 0.231. The minimum absolute atomic E-state index is 0.124. The molecule has 0 saturated heterocycles. The van der Waals surface area contributed by atoms with Crippen LogP contribution in [0.25, 0.3) is 0 Å². The van der Waals surface area contributed by atoms with Crippen molar-refractivity contribution >= 4 is 17.3 Å². The van der Waals surface area contributed by atoms with Gasteiger partial charge < -0.3 is 15.7 Å². The molecule has 0 fully saturated rings. The number of carbonyl (C=O) groups is 1. The second-order valence-electron chi connectivity index (χ2n) is 4.46.